The van der Waals surface area contributed by atoms with E-state index in [1.165, 1.54) is 16.5 Å². The van der Waals surface area contributed by atoms with Crippen LogP contribution in [0.15, 0.2) is 48.7 Å². The number of likely N-dealkylation sites (tertiary alicyclic amines) is 1. The second kappa shape index (κ2) is 12.4. The lowest BCUT2D eigenvalue weighted by molar-refractivity contribution is -0.142. The van der Waals surface area contributed by atoms with E-state index >= 15 is 0 Å². The van der Waals surface area contributed by atoms with Crippen LogP contribution in [0.25, 0.3) is 10.9 Å². The lowest BCUT2D eigenvalue weighted by Gasteiger charge is -2.44. The molecule has 40 heavy (non-hydrogen) atoms. The van der Waals surface area contributed by atoms with Gasteiger partial charge < -0.3 is 25.6 Å². The number of piperidine rings is 1. The van der Waals surface area contributed by atoms with Gasteiger partial charge in [0.05, 0.1) is 10.0 Å². The fraction of sp³-hybridized carbons (Fsp3) is 0.484. The van der Waals surface area contributed by atoms with Crippen molar-refractivity contribution in [2.45, 2.75) is 76.4 Å². The van der Waals surface area contributed by atoms with Crippen molar-refractivity contribution in [3.8, 4) is 0 Å². The lowest BCUT2D eigenvalue weighted by Crippen LogP contribution is -2.56. The highest BCUT2D eigenvalue weighted by molar-refractivity contribution is 6.42. The summed E-state index contributed by atoms with van der Waals surface area (Å²) in [6, 6.07) is 12.7. The zero-order chi connectivity index (χ0) is 28.4. The molecule has 2 fully saturated rings. The van der Waals surface area contributed by atoms with E-state index in [9.17, 15) is 14.7 Å². The summed E-state index contributed by atoms with van der Waals surface area (Å²) in [7, 11) is 0. The van der Waals surface area contributed by atoms with Crippen molar-refractivity contribution in [2.24, 2.45) is 11.8 Å². The summed E-state index contributed by atoms with van der Waals surface area (Å²) >= 11 is 12.1. The predicted molar refractivity (Wildman–Crippen MR) is 161 cm³/mol. The number of benzene rings is 2. The van der Waals surface area contributed by atoms with Gasteiger partial charge in [0, 0.05) is 41.4 Å². The number of H-pyrrole nitrogens is 1. The van der Waals surface area contributed by atoms with Gasteiger partial charge in [0.2, 0.25) is 0 Å². The van der Waals surface area contributed by atoms with Crippen molar-refractivity contribution in [3.05, 3.63) is 64.3 Å². The number of aliphatic carboxylic acids is 1. The number of hydrogen-bond acceptors (Lipinski definition) is 3. The van der Waals surface area contributed by atoms with Crippen LogP contribution in [-0.2, 0) is 4.79 Å². The van der Waals surface area contributed by atoms with Gasteiger partial charge in [0.25, 0.3) is 0 Å². The lowest BCUT2D eigenvalue weighted by atomic mass is 9.79. The number of carbonyl (C=O) groups excluding carboxylic acids is 1. The number of halogens is 2. The van der Waals surface area contributed by atoms with Gasteiger partial charge in [0.1, 0.15) is 6.04 Å². The van der Waals surface area contributed by atoms with E-state index in [1.54, 1.807) is 18.2 Å². The Morgan fingerprint density at radius 1 is 1.02 bits per heavy atom. The van der Waals surface area contributed by atoms with Crippen molar-refractivity contribution in [3.63, 3.8) is 0 Å². The molecule has 5 rings (SSSR count). The van der Waals surface area contributed by atoms with Crippen LogP contribution in [0.2, 0.25) is 10.0 Å². The van der Waals surface area contributed by atoms with E-state index in [0.29, 0.717) is 41.0 Å². The molecule has 3 atom stereocenters. The zero-order valence-corrected chi connectivity index (χ0v) is 24.5. The maximum atomic E-state index is 13.2. The first kappa shape index (κ1) is 28.8. The molecule has 0 radical (unpaired) electrons. The fourth-order valence-electron chi connectivity index (χ4n) is 6.65. The summed E-state index contributed by atoms with van der Waals surface area (Å²) in [4.78, 5) is 30.9. The van der Waals surface area contributed by atoms with Crippen molar-refractivity contribution >= 4 is 51.8 Å². The Labute approximate surface area is 245 Å². The number of carbonyl (C=O) groups is 2. The Morgan fingerprint density at radius 3 is 2.48 bits per heavy atom. The number of carboxylic acids is 1. The number of amides is 2. The van der Waals surface area contributed by atoms with Crippen LogP contribution in [0.4, 0.5) is 10.5 Å². The molecule has 0 bridgehead atoms. The topological polar surface area (TPSA) is 97.5 Å². The average Bonchev–Trinajstić information content (AvgIpc) is 3.38. The van der Waals surface area contributed by atoms with Crippen LogP contribution in [0.1, 0.15) is 63.9 Å². The number of carboxylic acid groups (broad SMARTS) is 1. The smallest absolute Gasteiger partial charge is 0.322 e. The van der Waals surface area contributed by atoms with Gasteiger partial charge in [-0.3, -0.25) is 4.79 Å². The Bertz CT molecular complexity index is 1350. The normalized spacial score (nSPS) is 24.3. The summed E-state index contributed by atoms with van der Waals surface area (Å²) in [5.74, 6) is -0.186. The summed E-state index contributed by atoms with van der Waals surface area (Å²) in [6.45, 7) is 4.67. The molecule has 1 aliphatic carbocycles. The molecule has 1 saturated carbocycles. The summed E-state index contributed by atoms with van der Waals surface area (Å²) in [5.41, 5.74) is 3.12. The molecule has 214 valence electrons. The molecule has 0 spiro atoms. The number of hydrogen-bond donors (Lipinski definition) is 4. The second-order valence-electron chi connectivity index (χ2n) is 11.7. The monoisotopic (exact) mass is 584 g/mol. The standard InChI is InChI=1S/C31H38Cl2N4O3/c1-18(2)28-15-20(13-14-37(28)31(40)36-22-11-12-25(32)26(33)16-22)29(30(38)39)35-21-9-7-19(8-10-21)24-17-34-27-6-4-3-5-23(24)27/h3-6,11-12,16-21,28-29,34-35H,7-10,13-15H2,1-2H3,(H,36,40)(H,38,39)/t19?,20?,21?,28?,29-/m1/s1. The van der Waals surface area contributed by atoms with E-state index < -0.39 is 12.0 Å². The van der Waals surface area contributed by atoms with Gasteiger partial charge in [-0.15, -0.1) is 0 Å². The summed E-state index contributed by atoms with van der Waals surface area (Å²) in [6.07, 6.45) is 7.38. The third kappa shape index (κ3) is 6.27. The highest BCUT2D eigenvalue weighted by Gasteiger charge is 2.40. The third-order valence-corrected chi connectivity index (χ3v) is 9.57. The molecule has 2 unspecified atom stereocenters. The first-order valence-electron chi connectivity index (χ1n) is 14.3. The molecule has 2 aliphatic rings. The van der Waals surface area contributed by atoms with E-state index in [2.05, 4.69) is 53.9 Å². The first-order chi connectivity index (χ1) is 19.2. The molecule has 7 nitrogen and oxygen atoms in total. The number of nitrogens with one attached hydrogen (secondary N) is 3. The van der Waals surface area contributed by atoms with Crippen LogP contribution in [0.5, 0.6) is 0 Å². The van der Waals surface area contributed by atoms with Crippen LogP contribution in [0, 0.1) is 11.8 Å². The van der Waals surface area contributed by atoms with E-state index in [4.69, 9.17) is 23.2 Å². The molecular formula is C31H38Cl2N4O3. The number of nitrogens with zero attached hydrogens (tertiary/aromatic N) is 1. The van der Waals surface area contributed by atoms with Crippen molar-refractivity contribution in [2.75, 3.05) is 11.9 Å². The minimum absolute atomic E-state index is 0.0507. The molecule has 1 saturated heterocycles. The largest absolute Gasteiger partial charge is 0.480 e. The molecule has 9 heteroatoms. The SMILES string of the molecule is CC(C)C1CC([C@@H](NC2CCC(c3c[nH]c4ccccc34)CC2)C(=O)O)CCN1C(=O)Nc1ccc(Cl)c(Cl)c1. The Hall–Kier alpha value is -2.74. The van der Waals surface area contributed by atoms with Gasteiger partial charge in [-0.25, -0.2) is 4.79 Å². The second-order valence-corrected chi connectivity index (χ2v) is 12.5. The molecule has 2 heterocycles. The molecule has 4 N–H and O–H groups in total. The number of para-hydroxylation sites is 1. The Balaban J connectivity index is 1.20. The molecule has 1 aromatic heterocycles. The number of aromatic nitrogens is 1. The minimum atomic E-state index is -0.806. The van der Waals surface area contributed by atoms with Gasteiger partial charge in [-0.05, 0) is 86.1 Å². The number of fused-ring (bicyclic) bond motifs is 1. The van der Waals surface area contributed by atoms with E-state index in [0.717, 1.165) is 25.7 Å². The van der Waals surface area contributed by atoms with Crippen LogP contribution >= 0.6 is 23.2 Å². The highest BCUT2D eigenvalue weighted by Crippen LogP contribution is 2.38. The van der Waals surface area contributed by atoms with Gasteiger partial charge >= 0.3 is 12.0 Å². The van der Waals surface area contributed by atoms with Crippen LogP contribution < -0.4 is 10.6 Å². The quantitative estimate of drug-likeness (QED) is 0.231. The average molecular weight is 586 g/mol. The Morgan fingerprint density at radius 2 is 1.77 bits per heavy atom. The number of urea groups is 1. The number of aromatic amines is 1. The molecule has 2 aromatic carbocycles. The number of anilines is 1. The van der Waals surface area contributed by atoms with Gasteiger partial charge in [0.15, 0.2) is 0 Å². The highest BCUT2D eigenvalue weighted by atomic mass is 35.5. The van der Waals surface area contributed by atoms with Gasteiger partial charge in [-0.1, -0.05) is 55.2 Å². The zero-order valence-electron chi connectivity index (χ0n) is 23.0. The molecule has 3 aromatic rings. The summed E-state index contributed by atoms with van der Waals surface area (Å²) in [5, 5.41) is 18.8. The maximum Gasteiger partial charge on any atom is 0.322 e. The Kier molecular flexibility index (Phi) is 8.93. The summed E-state index contributed by atoms with van der Waals surface area (Å²) < 4.78 is 0. The molecule has 1 aliphatic heterocycles. The fourth-order valence-corrected chi connectivity index (χ4v) is 6.95. The van der Waals surface area contributed by atoms with Gasteiger partial charge in [-0.2, -0.15) is 0 Å². The molecular weight excluding hydrogens is 547 g/mol. The third-order valence-electron chi connectivity index (χ3n) is 8.83. The minimum Gasteiger partial charge on any atom is -0.480 e. The van der Waals surface area contributed by atoms with Crippen LogP contribution in [0.3, 0.4) is 0 Å². The van der Waals surface area contributed by atoms with E-state index in [-0.39, 0.29) is 30.0 Å². The van der Waals surface area contributed by atoms with E-state index in [1.807, 2.05) is 11.0 Å². The van der Waals surface area contributed by atoms with Crippen molar-refractivity contribution < 1.29 is 14.7 Å². The predicted octanol–water partition coefficient (Wildman–Crippen LogP) is 7.51. The number of rotatable bonds is 7. The van der Waals surface area contributed by atoms with Crippen molar-refractivity contribution in [1.82, 2.24) is 15.2 Å². The van der Waals surface area contributed by atoms with Crippen molar-refractivity contribution in [1.29, 1.82) is 0 Å². The maximum absolute atomic E-state index is 13.2. The molecule has 2 amide bonds. The van der Waals surface area contributed by atoms with Crippen LogP contribution in [-0.4, -0.2) is 51.7 Å². The first-order valence-corrected chi connectivity index (χ1v) is 15.0.